The summed E-state index contributed by atoms with van der Waals surface area (Å²) >= 11 is 0. The maximum atomic E-state index is 11.7. The number of aliphatic hydroxyl groups is 9. The lowest BCUT2D eigenvalue weighted by atomic mass is 9.73. The molecule has 714 valence electrons. The Morgan fingerprint density at radius 1 is 0.240 bits per heavy atom. The van der Waals surface area contributed by atoms with E-state index in [0.717, 1.165) is 216 Å². The van der Waals surface area contributed by atoms with E-state index in [2.05, 4.69) is 216 Å². The number of unbranched alkanes of at least 4 members (excludes halogenated alkanes) is 6. The predicted molar refractivity (Wildman–Crippen MR) is 532 cm³/mol. The molecule has 0 heterocycles. The molecular formula is C114H168O15. The molecule has 0 saturated heterocycles. The lowest BCUT2D eigenvalue weighted by molar-refractivity contribution is -0.148. The molecule has 6 atom stereocenters. The van der Waals surface area contributed by atoms with Crippen molar-refractivity contribution in [3.8, 4) is 0 Å². The second kappa shape index (κ2) is 44.6. The maximum absolute atomic E-state index is 11.7. The fourth-order valence-electron chi connectivity index (χ4n) is 19.3. The Labute approximate surface area is 776 Å². The number of rotatable bonds is 42. The Morgan fingerprint density at radius 3 is 0.512 bits per heavy atom. The van der Waals surface area contributed by atoms with Crippen LogP contribution in [-0.2, 0) is 14.4 Å². The van der Waals surface area contributed by atoms with Gasteiger partial charge in [-0.1, -0.05) is 309 Å². The van der Waals surface area contributed by atoms with Gasteiger partial charge in [-0.2, -0.15) is 0 Å². The first-order valence-corrected chi connectivity index (χ1v) is 48.2. The van der Waals surface area contributed by atoms with Gasteiger partial charge in [0.05, 0.1) is 16.2 Å². The summed E-state index contributed by atoms with van der Waals surface area (Å²) in [5.74, 6) is -2.36. The Balaban J connectivity index is 0.000000265. The van der Waals surface area contributed by atoms with Crippen LogP contribution >= 0.6 is 0 Å². The summed E-state index contributed by atoms with van der Waals surface area (Å²) in [5, 5.41) is 127. The van der Waals surface area contributed by atoms with Gasteiger partial charge in [-0.15, -0.1) is 0 Å². The second-order valence-electron chi connectivity index (χ2n) is 46.7. The minimum absolute atomic E-state index is 0.0749. The minimum Gasteiger partial charge on any atom is -0.481 e. The van der Waals surface area contributed by atoms with Gasteiger partial charge < -0.3 is 61.3 Å². The number of carboxylic acid groups (broad SMARTS) is 3. The summed E-state index contributed by atoms with van der Waals surface area (Å²) in [7, 11) is 0. The minimum atomic E-state index is -0.793. The summed E-state index contributed by atoms with van der Waals surface area (Å²) in [6.07, 6.45) is 41.3. The maximum Gasteiger partial charge on any atom is 0.309 e. The standard InChI is InChI=1S/C38H54O6.C38H56O5.C38H58O4/c1-35(2)21-25(15-11-13-19-37(5,6)33(41)42)31(39)29(23-35)27-17-9-10-18-28(27)30-24-36(3,4)22-26(32(30)40)16-12-14-20-38(7,8)34(43)44;1-35(2,25-39)19-13-11-15-26-21-36(3,4)23-30(32(26)40)28-17-9-10-18-29(28)31-24-37(5,6)22-27(33(31)41)16-12-14-20-38(7,8)34(42)43;1-35(2,25-39)19-13-11-15-27-21-37(5,6)23-31(33(27)41)29-17-9-10-18-30(29)32-24-38(7,8)22-28(34(32)42)16-12-14-20-36(3,4)26-40/h9-10,17-18,21-24,31-32,39-40H,11-16,19-20H2,1-8H3,(H,41,42)(H,43,44);9-10,17-18,21-24,32-33,39-41H,11-16,19-20,25H2,1-8H3,(H,42,43);9-10,17-18,21-24,33-34,39-42H,11-16,19-20,25-26H2,1-8H3. The highest BCUT2D eigenvalue weighted by atomic mass is 16.4. The molecule has 0 bridgehead atoms. The molecule has 0 fully saturated rings. The highest BCUT2D eigenvalue weighted by Crippen LogP contribution is 2.50. The summed E-state index contributed by atoms with van der Waals surface area (Å²) in [6.45, 7) is 49.5. The summed E-state index contributed by atoms with van der Waals surface area (Å²) < 4.78 is 0. The van der Waals surface area contributed by atoms with Crippen LogP contribution in [0.2, 0.25) is 0 Å². The molecule has 0 aliphatic heterocycles. The van der Waals surface area contributed by atoms with Gasteiger partial charge in [-0.25, -0.2) is 0 Å². The lowest BCUT2D eigenvalue weighted by Crippen LogP contribution is -2.26. The van der Waals surface area contributed by atoms with Crippen molar-refractivity contribution in [3.05, 3.63) is 213 Å². The number of benzene rings is 3. The fraction of sp³-hybridized carbons (Fsp3) is 0.605. The van der Waals surface area contributed by atoms with Crippen LogP contribution in [0.1, 0.15) is 354 Å². The molecule has 0 amide bonds. The summed E-state index contributed by atoms with van der Waals surface area (Å²) in [4.78, 5) is 34.6. The molecule has 15 nitrogen and oxygen atoms in total. The molecule has 12 N–H and O–H groups in total. The third-order valence-electron chi connectivity index (χ3n) is 27.3. The summed E-state index contributed by atoms with van der Waals surface area (Å²) in [6, 6.07) is 24.3. The van der Waals surface area contributed by atoms with Gasteiger partial charge in [0.1, 0.15) is 36.6 Å². The molecule has 6 aliphatic rings. The van der Waals surface area contributed by atoms with Crippen molar-refractivity contribution in [2.75, 3.05) is 19.8 Å². The number of hydrogen-bond acceptors (Lipinski definition) is 12. The van der Waals surface area contributed by atoms with Gasteiger partial charge >= 0.3 is 17.9 Å². The van der Waals surface area contributed by atoms with Gasteiger partial charge in [0.25, 0.3) is 0 Å². The molecule has 0 aromatic heterocycles. The highest BCUT2D eigenvalue weighted by molar-refractivity contribution is 5.89. The Hall–Kier alpha value is -7.41. The predicted octanol–water partition coefficient (Wildman–Crippen LogP) is 25.1. The van der Waals surface area contributed by atoms with Crippen molar-refractivity contribution >= 4 is 51.3 Å². The third-order valence-corrected chi connectivity index (χ3v) is 27.3. The molecule has 129 heavy (non-hydrogen) atoms. The van der Waals surface area contributed by atoms with Gasteiger partial charge in [0.2, 0.25) is 0 Å². The summed E-state index contributed by atoms with van der Waals surface area (Å²) in [5.41, 5.74) is 12.9. The zero-order chi connectivity index (χ0) is 96.7. The molecule has 0 saturated carbocycles. The van der Waals surface area contributed by atoms with E-state index in [9.17, 15) is 75.7 Å². The number of aliphatic hydroxyl groups excluding tert-OH is 9. The first kappa shape index (κ1) is 109. The van der Waals surface area contributed by atoms with Gasteiger partial charge in [-0.3, -0.25) is 14.4 Å². The van der Waals surface area contributed by atoms with Crippen molar-refractivity contribution in [1.29, 1.82) is 0 Å². The topological polar surface area (TPSA) is 294 Å². The van der Waals surface area contributed by atoms with Gasteiger partial charge in [-0.05, 0) is 274 Å². The quantitative estimate of drug-likeness (QED) is 0.0185. The van der Waals surface area contributed by atoms with Crippen LogP contribution < -0.4 is 0 Å². The van der Waals surface area contributed by atoms with Crippen molar-refractivity contribution in [1.82, 2.24) is 0 Å². The normalized spacial score (nSPS) is 21.9. The Kier molecular flexibility index (Phi) is 37.6. The van der Waals surface area contributed by atoms with Gasteiger partial charge in [0.15, 0.2) is 0 Å². The smallest absolute Gasteiger partial charge is 0.309 e. The van der Waals surface area contributed by atoms with Crippen molar-refractivity contribution < 1.29 is 75.7 Å². The van der Waals surface area contributed by atoms with E-state index in [1.54, 1.807) is 41.5 Å². The number of carboxylic acids is 3. The second-order valence-corrected chi connectivity index (χ2v) is 46.7. The average molecular weight is 1780 g/mol. The highest BCUT2D eigenvalue weighted by Gasteiger charge is 2.40. The van der Waals surface area contributed by atoms with E-state index in [-0.39, 0.29) is 68.6 Å². The fourth-order valence-corrected chi connectivity index (χ4v) is 19.3. The molecule has 9 rings (SSSR count). The molecular weight excluding hydrogens is 1610 g/mol. The third kappa shape index (κ3) is 31.3. The molecule has 3 aromatic rings. The van der Waals surface area contributed by atoms with Gasteiger partial charge in [0, 0.05) is 52.3 Å². The number of aliphatic carboxylic acids is 3. The Bertz CT molecular complexity index is 4560. The van der Waals surface area contributed by atoms with E-state index < -0.39 is 70.8 Å². The van der Waals surface area contributed by atoms with E-state index in [1.807, 2.05) is 54.6 Å². The van der Waals surface area contributed by atoms with Crippen molar-refractivity contribution in [3.63, 3.8) is 0 Å². The first-order chi connectivity index (χ1) is 59.6. The number of hydrogen-bond donors (Lipinski definition) is 12. The first-order valence-electron chi connectivity index (χ1n) is 48.2. The number of allylic oxidation sites excluding steroid dienone is 12. The molecule has 6 aliphatic carbocycles. The van der Waals surface area contributed by atoms with Crippen LogP contribution in [0.15, 0.2) is 179 Å². The molecule has 6 unspecified atom stereocenters. The molecule has 15 heteroatoms. The number of carbonyl (C=O) groups is 3. The monoisotopic (exact) mass is 1780 g/mol. The van der Waals surface area contributed by atoms with Crippen LogP contribution in [-0.4, -0.2) is 136 Å². The average Bonchev–Trinajstić information content (AvgIpc) is 0.767. The largest absolute Gasteiger partial charge is 0.481 e. The van der Waals surface area contributed by atoms with Crippen LogP contribution in [0.4, 0.5) is 0 Å². The van der Waals surface area contributed by atoms with Crippen LogP contribution in [0, 0.1) is 65.0 Å². The van der Waals surface area contributed by atoms with Crippen LogP contribution in [0.3, 0.4) is 0 Å². The molecule has 3 aromatic carbocycles. The molecule has 0 spiro atoms. The van der Waals surface area contributed by atoms with E-state index in [4.69, 9.17) is 0 Å². The SMILES string of the molecule is CC1(C)C=C(CCCCC(C)(C)C(=O)O)C(O)C(c2ccccc2C2=CC(C)(C)C=C(CCCCC(C)(C)C(=O)O)C2O)=C1.CC1(C)C=C(CCCCC(C)(C)CO)C(O)C(c2ccccc2C2=CC(C)(C)C=C(CCCCC(C)(C)C(=O)O)C2O)=C1.CC1(C)C=C(CCCCC(C)(C)CO)C(O)C(c2ccccc2C2=CC(C)(C)C=C(CCCCC(C)(C)CO)C2O)=C1. The lowest BCUT2D eigenvalue weighted by Gasteiger charge is -2.34. The zero-order valence-electron chi connectivity index (χ0n) is 83.5. The molecule has 0 radical (unpaired) electrons. The van der Waals surface area contributed by atoms with E-state index in [0.29, 0.717) is 38.5 Å². The van der Waals surface area contributed by atoms with Crippen molar-refractivity contribution in [2.24, 2.45) is 65.0 Å². The van der Waals surface area contributed by atoms with E-state index >= 15 is 0 Å². The van der Waals surface area contributed by atoms with Crippen molar-refractivity contribution in [2.45, 2.75) is 357 Å². The van der Waals surface area contributed by atoms with E-state index in [1.165, 1.54) is 0 Å². The Morgan fingerprint density at radius 2 is 0.380 bits per heavy atom. The van der Waals surface area contributed by atoms with Crippen LogP contribution in [0.25, 0.3) is 33.4 Å². The zero-order valence-corrected chi connectivity index (χ0v) is 83.5. The van der Waals surface area contributed by atoms with Crippen LogP contribution in [0.5, 0.6) is 0 Å².